The van der Waals surface area contributed by atoms with Gasteiger partial charge in [-0.05, 0) is 49.1 Å². The molecule has 1 saturated heterocycles. The highest BCUT2D eigenvalue weighted by molar-refractivity contribution is 6.02. The average molecular weight is 325 g/mol. The zero-order chi connectivity index (χ0) is 16.8. The van der Waals surface area contributed by atoms with E-state index in [0.717, 1.165) is 43.8 Å². The first-order valence-electron chi connectivity index (χ1n) is 8.46. The quantitative estimate of drug-likeness (QED) is 0.853. The molecule has 126 valence electrons. The number of aryl methyl sites for hydroxylation is 1. The van der Waals surface area contributed by atoms with Gasteiger partial charge in [0.05, 0.1) is 18.0 Å². The molecule has 0 saturated carbocycles. The molecule has 0 radical (unpaired) electrons. The Morgan fingerprint density at radius 1 is 1.21 bits per heavy atom. The van der Waals surface area contributed by atoms with E-state index in [-0.39, 0.29) is 12.0 Å². The van der Waals surface area contributed by atoms with E-state index in [9.17, 15) is 4.79 Å². The summed E-state index contributed by atoms with van der Waals surface area (Å²) in [6, 6.07) is 11.5. The summed E-state index contributed by atoms with van der Waals surface area (Å²) in [5.41, 5.74) is 3.32. The molecular formula is C19H23N3O2. The number of nitrogens with one attached hydrogen (secondary N) is 2. The number of ether oxygens (including phenoxy) is 1. The van der Waals surface area contributed by atoms with Gasteiger partial charge in [0.15, 0.2) is 0 Å². The Morgan fingerprint density at radius 3 is 2.62 bits per heavy atom. The van der Waals surface area contributed by atoms with Crippen molar-refractivity contribution in [2.24, 2.45) is 0 Å². The van der Waals surface area contributed by atoms with Crippen LogP contribution < -0.4 is 10.6 Å². The van der Waals surface area contributed by atoms with E-state index in [4.69, 9.17) is 4.74 Å². The van der Waals surface area contributed by atoms with Crippen LogP contribution in [0.25, 0.3) is 0 Å². The monoisotopic (exact) mass is 325 g/mol. The number of benzene rings is 1. The molecule has 2 aromatic rings. The first kappa shape index (κ1) is 16.5. The minimum Gasteiger partial charge on any atom is -0.381 e. The van der Waals surface area contributed by atoms with Gasteiger partial charge in [0.1, 0.15) is 5.69 Å². The highest BCUT2D eigenvalue weighted by atomic mass is 16.5. The lowest BCUT2D eigenvalue weighted by atomic mass is 10.1. The number of hydrogen-bond donors (Lipinski definition) is 2. The summed E-state index contributed by atoms with van der Waals surface area (Å²) in [5.74, 6) is -0.204. The molecule has 2 N–H and O–H groups in total. The van der Waals surface area contributed by atoms with E-state index in [1.165, 1.54) is 5.56 Å². The fraction of sp³-hybridized carbons (Fsp3) is 0.368. The van der Waals surface area contributed by atoms with Crippen molar-refractivity contribution < 1.29 is 9.53 Å². The third-order valence-corrected chi connectivity index (χ3v) is 4.17. The van der Waals surface area contributed by atoms with Crippen LogP contribution in [0.4, 0.5) is 11.4 Å². The van der Waals surface area contributed by atoms with E-state index < -0.39 is 0 Å². The minimum absolute atomic E-state index is 0.204. The molecule has 0 bridgehead atoms. The van der Waals surface area contributed by atoms with Gasteiger partial charge in [-0.2, -0.15) is 0 Å². The standard InChI is InChI=1S/C19H23N3O2/c1-2-14-5-7-15(8-6-14)22-19(23)18-10-9-16(12-21-18)20-13-17-4-3-11-24-17/h5-10,12,17,20H,2-4,11,13H2,1H3,(H,22,23). The fourth-order valence-electron chi connectivity index (χ4n) is 2.69. The summed E-state index contributed by atoms with van der Waals surface area (Å²) < 4.78 is 5.57. The molecule has 1 aliphatic rings. The lowest BCUT2D eigenvalue weighted by Crippen LogP contribution is -2.19. The number of hydrogen-bond acceptors (Lipinski definition) is 4. The fourth-order valence-corrected chi connectivity index (χ4v) is 2.69. The van der Waals surface area contributed by atoms with Crippen LogP contribution >= 0.6 is 0 Å². The molecule has 1 atom stereocenters. The van der Waals surface area contributed by atoms with Crippen LogP contribution in [0.2, 0.25) is 0 Å². The third-order valence-electron chi connectivity index (χ3n) is 4.17. The van der Waals surface area contributed by atoms with E-state index in [1.54, 1.807) is 12.3 Å². The maximum absolute atomic E-state index is 12.2. The number of amides is 1. The molecule has 5 nitrogen and oxygen atoms in total. The average Bonchev–Trinajstić information content (AvgIpc) is 3.14. The second-order valence-electron chi connectivity index (χ2n) is 5.95. The van der Waals surface area contributed by atoms with E-state index in [0.29, 0.717) is 5.69 Å². The lowest BCUT2D eigenvalue weighted by molar-refractivity contribution is 0.102. The van der Waals surface area contributed by atoms with Gasteiger partial charge in [0, 0.05) is 18.8 Å². The Bertz CT molecular complexity index is 662. The zero-order valence-corrected chi connectivity index (χ0v) is 13.9. The Balaban J connectivity index is 1.54. The van der Waals surface area contributed by atoms with Gasteiger partial charge in [-0.25, -0.2) is 4.98 Å². The Labute approximate surface area is 142 Å². The molecule has 24 heavy (non-hydrogen) atoms. The molecule has 1 aromatic carbocycles. The van der Waals surface area contributed by atoms with Gasteiger partial charge in [0.2, 0.25) is 0 Å². The number of rotatable bonds is 6. The molecular weight excluding hydrogens is 302 g/mol. The van der Waals surface area contributed by atoms with Crippen molar-refractivity contribution in [1.82, 2.24) is 4.98 Å². The van der Waals surface area contributed by atoms with Crippen LogP contribution in [0.5, 0.6) is 0 Å². The van der Waals surface area contributed by atoms with E-state index in [1.807, 2.05) is 30.3 Å². The highest BCUT2D eigenvalue weighted by Gasteiger charge is 2.15. The molecule has 1 fully saturated rings. The molecule has 1 amide bonds. The van der Waals surface area contributed by atoms with Gasteiger partial charge in [0.25, 0.3) is 5.91 Å². The van der Waals surface area contributed by atoms with Crippen molar-refractivity contribution in [3.05, 3.63) is 53.9 Å². The van der Waals surface area contributed by atoms with Gasteiger partial charge in [-0.15, -0.1) is 0 Å². The third kappa shape index (κ3) is 4.32. The van der Waals surface area contributed by atoms with Crippen molar-refractivity contribution in [3.8, 4) is 0 Å². The SMILES string of the molecule is CCc1ccc(NC(=O)c2ccc(NCC3CCCO3)cn2)cc1. The smallest absolute Gasteiger partial charge is 0.274 e. The molecule has 3 rings (SSSR count). The first-order chi connectivity index (χ1) is 11.7. The number of carbonyl (C=O) groups is 1. The maximum atomic E-state index is 12.2. The number of anilines is 2. The summed E-state index contributed by atoms with van der Waals surface area (Å²) in [6.45, 7) is 3.73. The second kappa shape index (κ2) is 7.93. The van der Waals surface area contributed by atoms with Crippen molar-refractivity contribution in [1.29, 1.82) is 0 Å². The lowest BCUT2D eigenvalue weighted by Gasteiger charge is -2.12. The minimum atomic E-state index is -0.204. The van der Waals surface area contributed by atoms with Crippen molar-refractivity contribution in [2.75, 3.05) is 23.8 Å². The number of carbonyl (C=O) groups excluding carboxylic acids is 1. The van der Waals surface area contributed by atoms with Crippen LogP contribution in [-0.4, -0.2) is 30.1 Å². The molecule has 1 unspecified atom stereocenters. The topological polar surface area (TPSA) is 63.2 Å². The van der Waals surface area contributed by atoms with Crippen LogP contribution in [0.1, 0.15) is 35.8 Å². The number of pyridine rings is 1. The van der Waals surface area contributed by atoms with Crippen molar-refractivity contribution >= 4 is 17.3 Å². The van der Waals surface area contributed by atoms with Crippen molar-refractivity contribution in [2.45, 2.75) is 32.3 Å². The zero-order valence-electron chi connectivity index (χ0n) is 13.9. The molecule has 1 aromatic heterocycles. The molecule has 0 spiro atoms. The predicted octanol–water partition coefficient (Wildman–Crippen LogP) is 3.49. The Kier molecular flexibility index (Phi) is 5.43. The summed E-state index contributed by atoms with van der Waals surface area (Å²) in [7, 11) is 0. The Morgan fingerprint density at radius 2 is 2.00 bits per heavy atom. The van der Waals surface area contributed by atoms with Crippen LogP contribution in [-0.2, 0) is 11.2 Å². The maximum Gasteiger partial charge on any atom is 0.274 e. The van der Waals surface area contributed by atoms with Crippen LogP contribution in [0.3, 0.4) is 0 Å². The molecule has 2 heterocycles. The van der Waals surface area contributed by atoms with Crippen LogP contribution in [0, 0.1) is 0 Å². The van der Waals surface area contributed by atoms with E-state index >= 15 is 0 Å². The van der Waals surface area contributed by atoms with Crippen LogP contribution in [0.15, 0.2) is 42.6 Å². The first-order valence-corrected chi connectivity index (χ1v) is 8.46. The van der Waals surface area contributed by atoms with Gasteiger partial charge in [-0.1, -0.05) is 19.1 Å². The normalized spacial score (nSPS) is 16.8. The van der Waals surface area contributed by atoms with Gasteiger partial charge in [-0.3, -0.25) is 4.79 Å². The van der Waals surface area contributed by atoms with Gasteiger partial charge < -0.3 is 15.4 Å². The highest BCUT2D eigenvalue weighted by Crippen LogP contribution is 2.15. The predicted molar refractivity (Wildman–Crippen MR) is 95.5 cm³/mol. The number of nitrogens with zero attached hydrogens (tertiary/aromatic N) is 1. The molecule has 5 heteroatoms. The molecule has 1 aliphatic heterocycles. The summed E-state index contributed by atoms with van der Waals surface area (Å²) >= 11 is 0. The molecule has 0 aliphatic carbocycles. The summed E-state index contributed by atoms with van der Waals surface area (Å²) in [5, 5.41) is 6.16. The summed E-state index contributed by atoms with van der Waals surface area (Å²) in [6.07, 6.45) is 5.17. The number of aromatic nitrogens is 1. The van der Waals surface area contributed by atoms with Crippen molar-refractivity contribution in [3.63, 3.8) is 0 Å². The summed E-state index contributed by atoms with van der Waals surface area (Å²) in [4.78, 5) is 16.5. The largest absolute Gasteiger partial charge is 0.381 e. The Hall–Kier alpha value is -2.40. The van der Waals surface area contributed by atoms with E-state index in [2.05, 4.69) is 22.5 Å². The van der Waals surface area contributed by atoms with Gasteiger partial charge >= 0.3 is 0 Å². The second-order valence-corrected chi connectivity index (χ2v) is 5.95.